The zero-order chi connectivity index (χ0) is 20.2. The molecule has 0 saturated carbocycles. The van der Waals surface area contributed by atoms with E-state index in [0.29, 0.717) is 38.3 Å². The Morgan fingerprint density at radius 1 is 0.966 bits per heavy atom. The van der Waals surface area contributed by atoms with Crippen molar-refractivity contribution in [3.8, 4) is 11.1 Å². The Hall–Kier alpha value is -3.41. The van der Waals surface area contributed by atoms with Gasteiger partial charge in [-0.15, -0.1) is 0 Å². The van der Waals surface area contributed by atoms with Crippen molar-refractivity contribution in [3.05, 3.63) is 66.5 Å². The summed E-state index contributed by atoms with van der Waals surface area (Å²) >= 11 is 0. The molecule has 0 spiro atoms. The number of ether oxygens (including phenoxy) is 1. The second kappa shape index (κ2) is 8.31. The van der Waals surface area contributed by atoms with E-state index in [9.17, 15) is 9.59 Å². The molecule has 148 valence electrons. The summed E-state index contributed by atoms with van der Waals surface area (Å²) in [7, 11) is 0. The highest BCUT2D eigenvalue weighted by molar-refractivity contribution is 6.02. The van der Waals surface area contributed by atoms with Crippen LogP contribution in [0.25, 0.3) is 21.9 Å². The van der Waals surface area contributed by atoms with Crippen molar-refractivity contribution < 1.29 is 14.3 Å². The normalized spacial score (nSPS) is 14.1. The molecule has 6 nitrogen and oxygen atoms in total. The molecule has 29 heavy (non-hydrogen) atoms. The van der Waals surface area contributed by atoms with Gasteiger partial charge in [-0.25, -0.2) is 4.79 Å². The third kappa shape index (κ3) is 3.92. The smallest absolute Gasteiger partial charge is 0.409 e. The van der Waals surface area contributed by atoms with E-state index in [1.54, 1.807) is 29.1 Å². The number of hydrogen-bond donors (Lipinski definition) is 0. The lowest BCUT2D eigenvalue weighted by Crippen LogP contribution is -2.50. The van der Waals surface area contributed by atoms with Crippen LogP contribution < -0.4 is 0 Å². The van der Waals surface area contributed by atoms with Gasteiger partial charge in [0.15, 0.2) is 0 Å². The number of rotatable bonds is 3. The molecule has 1 saturated heterocycles. The summed E-state index contributed by atoms with van der Waals surface area (Å²) in [6.07, 6.45) is 3.25. The van der Waals surface area contributed by atoms with Gasteiger partial charge in [0.2, 0.25) is 0 Å². The van der Waals surface area contributed by atoms with Gasteiger partial charge in [0.1, 0.15) is 0 Å². The molecule has 2 heterocycles. The average Bonchev–Trinajstić information content (AvgIpc) is 2.78. The topological polar surface area (TPSA) is 62.7 Å². The van der Waals surface area contributed by atoms with Crippen molar-refractivity contribution in [2.24, 2.45) is 0 Å². The molecule has 1 aliphatic rings. The van der Waals surface area contributed by atoms with Gasteiger partial charge in [0.25, 0.3) is 5.91 Å². The van der Waals surface area contributed by atoms with Crippen molar-refractivity contribution in [2.45, 2.75) is 6.92 Å². The van der Waals surface area contributed by atoms with Crippen LogP contribution in [0.15, 0.2) is 60.9 Å². The monoisotopic (exact) mass is 389 g/mol. The van der Waals surface area contributed by atoms with Crippen molar-refractivity contribution in [1.82, 2.24) is 14.8 Å². The molecule has 2 aromatic carbocycles. The van der Waals surface area contributed by atoms with Gasteiger partial charge < -0.3 is 14.5 Å². The quantitative estimate of drug-likeness (QED) is 0.683. The van der Waals surface area contributed by atoms with Gasteiger partial charge in [0, 0.05) is 44.1 Å². The van der Waals surface area contributed by atoms with E-state index in [-0.39, 0.29) is 12.0 Å². The van der Waals surface area contributed by atoms with Crippen molar-refractivity contribution in [2.75, 3.05) is 32.8 Å². The maximum absolute atomic E-state index is 13.0. The lowest BCUT2D eigenvalue weighted by molar-refractivity contribution is 0.0570. The first-order valence-electron chi connectivity index (χ1n) is 9.81. The van der Waals surface area contributed by atoms with Gasteiger partial charge in [-0.1, -0.05) is 24.3 Å². The van der Waals surface area contributed by atoms with E-state index in [1.165, 1.54) is 0 Å². The predicted molar refractivity (Wildman–Crippen MR) is 112 cm³/mol. The zero-order valence-electron chi connectivity index (χ0n) is 16.4. The van der Waals surface area contributed by atoms with Gasteiger partial charge in [0.05, 0.1) is 6.61 Å². The van der Waals surface area contributed by atoms with E-state index in [4.69, 9.17) is 4.74 Å². The summed E-state index contributed by atoms with van der Waals surface area (Å²) in [4.78, 5) is 32.3. The number of carbonyl (C=O) groups excluding carboxylic acids is 2. The van der Waals surface area contributed by atoms with E-state index >= 15 is 0 Å². The molecule has 1 aliphatic heterocycles. The van der Waals surface area contributed by atoms with Crippen LogP contribution in [0.2, 0.25) is 0 Å². The highest BCUT2D eigenvalue weighted by atomic mass is 16.6. The van der Waals surface area contributed by atoms with Gasteiger partial charge in [-0.05, 0) is 53.1 Å². The third-order valence-corrected chi connectivity index (χ3v) is 5.21. The summed E-state index contributed by atoms with van der Waals surface area (Å²) < 4.78 is 5.04. The van der Waals surface area contributed by atoms with E-state index in [0.717, 1.165) is 21.9 Å². The third-order valence-electron chi connectivity index (χ3n) is 5.21. The molecule has 0 aliphatic carbocycles. The minimum atomic E-state index is -0.311. The molecule has 0 unspecified atom stereocenters. The number of fused-ring (bicyclic) bond motifs is 1. The van der Waals surface area contributed by atoms with Crippen LogP contribution in [0.3, 0.4) is 0 Å². The molecule has 2 amide bonds. The lowest BCUT2D eigenvalue weighted by atomic mass is 9.97. The first-order chi connectivity index (χ1) is 14.2. The fourth-order valence-electron chi connectivity index (χ4n) is 3.69. The number of aromatic nitrogens is 1. The Balaban J connectivity index is 1.53. The van der Waals surface area contributed by atoms with Crippen LogP contribution in [0.1, 0.15) is 17.3 Å². The van der Waals surface area contributed by atoms with Crippen LogP contribution in [-0.2, 0) is 4.74 Å². The Labute approximate surface area is 169 Å². The number of piperazine rings is 1. The van der Waals surface area contributed by atoms with Crippen LogP contribution in [0.5, 0.6) is 0 Å². The largest absolute Gasteiger partial charge is 0.450 e. The Morgan fingerprint density at radius 2 is 1.69 bits per heavy atom. The summed E-state index contributed by atoms with van der Waals surface area (Å²) in [6.45, 7) is 4.14. The summed E-state index contributed by atoms with van der Waals surface area (Å²) in [5.74, 6) is -0.00952. The number of amides is 2. The highest BCUT2D eigenvalue weighted by Crippen LogP contribution is 2.29. The van der Waals surface area contributed by atoms with Crippen LogP contribution >= 0.6 is 0 Å². The van der Waals surface area contributed by atoms with Crippen LogP contribution in [0.4, 0.5) is 4.79 Å². The predicted octanol–water partition coefficient (Wildman–Crippen LogP) is 3.82. The number of benzene rings is 2. The Bertz CT molecular complexity index is 1030. The molecule has 0 atom stereocenters. The molecule has 0 radical (unpaired) electrons. The molecule has 1 fully saturated rings. The maximum Gasteiger partial charge on any atom is 0.409 e. The summed E-state index contributed by atoms with van der Waals surface area (Å²) in [6, 6.07) is 15.9. The fraction of sp³-hybridized carbons (Fsp3) is 0.261. The molecule has 0 N–H and O–H groups in total. The maximum atomic E-state index is 13.0. The minimum absolute atomic E-state index is 0.00952. The van der Waals surface area contributed by atoms with Crippen molar-refractivity contribution >= 4 is 22.8 Å². The first-order valence-corrected chi connectivity index (χ1v) is 9.81. The lowest BCUT2D eigenvalue weighted by Gasteiger charge is -2.34. The Morgan fingerprint density at radius 3 is 2.41 bits per heavy atom. The van der Waals surface area contributed by atoms with Gasteiger partial charge in [-0.2, -0.15) is 0 Å². The molecule has 4 rings (SSSR count). The number of nitrogens with zero attached hydrogens (tertiary/aromatic N) is 3. The van der Waals surface area contributed by atoms with E-state index in [2.05, 4.69) is 11.1 Å². The number of hydrogen-bond acceptors (Lipinski definition) is 4. The van der Waals surface area contributed by atoms with Gasteiger partial charge in [-0.3, -0.25) is 9.78 Å². The zero-order valence-corrected chi connectivity index (χ0v) is 16.4. The first kappa shape index (κ1) is 18.9. The second-order valence-electron chi connectivity index (χ2n) is 6.96. The standard InChI is InChI=1S/C23H23N3O3/c1-2-29-23(28)26-14-12-25(13-15-26)22(27)19-6-7-21-18(16-19)4-3-5-20(21)17-8-10-24-11-9-17/h3-11,16H,2,12-15H2,1H3. The second-order valence-corrected chi connectivity index (χ2v) is 6.96. The molecular weight excluding hydrogens is 366 g/mol. The molecule has 6 heteroatoms. The Kier molecular flexibility index (Phi) is 5.42. The van der Waals surface area contributed by atoms with E-state index < -0.39 is 0 Å². The number of pyridine rings is 1. The summed E-state index contributed by atoms with van der Waals surface area (Å²) in [5.41, 5.74) is 2.88. The summed E-state index contributed by atoms with van der Waals surface area (Å²) in [5, 5.41) is 2.12. The molecule has 3 aromatic rings. The van der Waals surface area contributed by atoms with Crippen LogP contribution in [0, 0.1) is 0 Å². The SMILES string of the molecule is CCOC(=O)N1CCN(C(=O)c2ccc3c(-c4ccncc4)cccc3c2)CC1. The molecule has 0 bridgehead atoms. The highest BCUT2D eigenvalue weighted by Gasteiger charge is 2.25. The van der Waals surface area contributed by atoms with Crippen molar-refractivity contribution in [3.63, 3.8) is 0 Å². The van der Waals surface area contributed by atoms with E-state index in [1.807, 2.05) is 42.5 Å². The number of carbonyl (C=O) groups is 2. The minimum Gasteiger partial charge on any atom is -0.450 e. The van der Waals surface area contributed by atoms with Crippen LogP contribution in [-0.4, -0.2) is 59.6 Å². The van der Waals surface area contributed by atoms with Crippen molar-refractivity contribution in [1.29, 1.82) is 0 Å². The average molecular weight is 389 g/mol. The fourth-order valence-corrected chi connectivity index (χ4v) is 3.69. The molecule has 1 aromatic heterocycles. The van der Waals surface area contributed by atoms with Gasteiger partial charge >= 0.3 is 6.09 Å². The molecular formula is C23H23N3O3.